The van der Waals surface area contributed by atoms with Crippen LogP contribution in [0.15, 0.2) is 16.7 Å². The summed E-state index contributed by atoms with van der Waals surface area (Å²) >= 11 is 6.62. The number of aromatic nitrogens is 1. The van der Waals surface area contributed by atoms with E-state index in [1.165, 1.54) is 7.11 Å². The summed E-state index contributed by atoms with van der Waals surface area (Å²) in [7, 11) is 1.33. The second kappa shape index (κ2) is 4.72. The van der Waals surface area contributed by atoms with Gasteiger partial charge in [0.2, 0.25) is 0 Å². The van der Waals surface area contributed by atoms with Gasteiger partial charge in [0.1, 0.15) is 5.69 Å². The van der Waals surface area contributed by atoms with Gasteiger partial charge >= 0.3 is 5.97 Å². The topological polar surface area (TPSA) is 39.2 Å². The molecule has 0 bridgehead atoms. The number of carbonyl (C=O) groups excluding carboxylic acids is 1. The normalized spacial score (nSPS) is 9.77. The summed E-state index contributed by atoms with van der Waals surface area (Å²) in [6, 6.07) is 1.69. The molecule has 0 aliphatic rings. The van der Waals surface area contributed by atoms with Crippen molar-refractivity contribution in [3.8, 4) is 0 Å². The van der Waals surface area contributed by atoms with Gasteiger partial charge in [-0.2, -0.15) is 0 Å². The number of alkyl halides is 1. The van der Waals surface area contributed by atoms with E-state index < -0.39 is 5.97 Å². The average molecular weight is 309 g/mol. The third kappa shape index (κ3) is 2.51. The van der Waals surface area contributed by atoms with E-state index in [4.69, 9.17) is 0 Å². The van der Waals surface area contributed by atoms with E-state index in [0.29, 0.717) is 11.0 Å². The van der Waals surface area contributed by atoms with Crippen LogP contribution in [0.2, 0.25) is 0 Å². The van der Waals surface area contributed by atoms with E-state index in [9.17, 15) is 4.79 Å². The first-order chi connectivity index (χ1) is 6.19. The lowest BCUT2D eigenvalue weighted by Gasteiger charge is -2.02. The smallest absolute Gasteiger partial charge is 0.356 e. The minimum atomic E-state index is -0.422. The van der Waals surface area contributed by atoms with Gasteiger partial charge in [0.15, 0.2) is 0 Å². The molecule has 1 heterocycles. The second-order valence-corrected chi connectivity index (χ2v) is 3.70. The Morgan fingerprint density at radius 3 is 2.92 bits per heavy atom. The molecule has 3 nitrogen and oxygen atoms in total. The zero-order valence-corrected chi connectivity index (χ0v) is 10.1. The maximum Gasteiger partial charge on any atom is 0.356 e. The van der Waals surface area contributed by atoms with E-state index in [0.717, 1.165) is 10.0 Å². The lowest BCUT2D eigenvalue weighted by molar-refractivity contribution is 0.0594. The van der Waals surface area contributed by atoms with Gasteiger partial charge in [0.25, 0.3) is 0 Å². The summed E-state index contributed by atoms with van der Waals surface area (Å²) in [6.07, 6.45) is 1.59. The number of esters is 1. The highest BCUT2D eigenvalue weighted by Gasteiger charge is 2.09. The number of halogens is 2. The van der Waals surface area contributed by atoms with Gasteiger partial charge in [0, 0.05) is 16.0 Å². The monoisotopic (exact) mass is 307 g/mol. The van der Waals surface area contributed by atoms with Crippen molar-refractivity contribution in [2.75, 3.05) is 7.11 Å². The lowest BCUT2D eigenvalue weighted by atomic mass is 10.2. The lowest BCUT2D eigenvalue weighted by Crippen LogP contribution is -2.04. The number of pyridine rings is 1. The van der Waals surface area contributed by atoms with Gasteiger partial charge in [-0.3, -0.25) is 0 Å². The van der Waals surface area contributed by atoms with E-state index in [-0.39, 0.29) is 0 Å². The number of hydrogen-bond acceptors (Lipinski definition) is 3. The number of rotatable bonds is 2. The van der Waals surface area contributed by atoms with Crippen LogP contribution in [0.4, 0.5) is 0 Å². The Hall–Kier alpha value is -0.420. The van der Waals surface area contributed by atoms with Gasteiger partial charge in [-0.1, -0.05) is 15.9 Å². The van der Waals surface area contributed by atoms with E-state index in [1.807, 2.05) is 0 Å². The molecule has 0 saturated carbocycles. The maximum atomic E-state index is 11.1. The van der Waals surface area contributed by atoms with Gasteiger partial charge in [-0.05, 0) is 27.6 Å². The Labute approximate surface area is 92.8 Å². The van der Waals surface area contributed by atoms with Crippen LogP contribution >= 0.6 is 31.9 Å². The molecule has 0 saturated heterocycles. The Kier molecular flexibility index (Phi) is 3.87. The Bertz CT molecular complexity index is 328. The standard InChI is InChI=1S/C8H7Br2NO2/c1-13-8(12)7-2-5(3-9)6(10)4-11-7/h2,4H,3H2,1H3. The van der Waals surface area contributed by atoms with Gasteiger partial charge in [-0.15, -0.1) is 0 Å². The molecule has 0 N–H and O–H groups in total. The molecule has 1 aromatic rings. The van der Waals surface area contributed by atoms with Crippen molar-refractivity contribution in [1.82, 2.24) is 4.98 Å². The zero-order valence-electron chi connectivity index (χ0n) is 6.88. The SMILES string of the molecule is COC(=O)c1cc(CBr)c(Br)cn1. The van der Waals surface area contributed by atoms with Crippen LogP contribution in [0.1, 0.15) is 16.1 Å². The first-order valence-corrected chi connectivity index (χ1v) is 5.39. The summed E-state index contributed by atoms with van der Waals surface area (Å²) in [6.45, 7) is 0. The van der Waals surface area contributed by atoms with Crippen molar-refractivity contribution < 1.29 is 9.53 Å². The fraction of sp³-hybridized carbons (Fsp3) is 0.250. The molecule has 0 unspecified atom stereocenters. The molecule has 13 heavy (non-hydrogen) atoms. The number of hydrogen-bond donors (Lipinski definition) is 0. The van der Waals surface area contributed by atoms with Gasteiger partial charge in [-0.25, -0.2) is 9.78 Å². The molecular weight excluding hydrogens is 302 g/mol. The molecular formula is C8H7Br2NO2. The minimum absolute atomic E-state index is 0.320. The highest BCUT2D eigenvalue weighted by molar-refractivity contribution is 9.10. The number of methoxy groups -OCH3 is 1. The zero-order chi connectivity index (χ0) is 9.84. The number of carbonyl (C=O) groups is 1. The van der Waals surface area contributed by atoms with Crippen LogP contribution in [-0.2, 0) is 10.1 Å². The molecule has 0 spiro atoms. The quantitative estimate of drug-likeness (QED) is 0.622. The molecule has 0 atom stereocenters. The fourth-order valence-corrected chi connectivity index (χ4v) is 2.00. The van der Waals surface area contributed by atoms with Crippen molar-refractivity contribution in [3.05, 3.63) is 28.0 Å². The van der Waals surface area contributed by atoms with Crippen molar-refractivity contribution in [1.29, 1.82) is 0 Å². The van der Waals surface area contributed by atoms with Crippen LogP contribution in [-0.4, -0.2) is 18.1 Å². The summed E-state index contributed by atoms with van der Waals surface area (Å²) in [5.74, 6) is -0.422. The van der Waals surface area contributed by atoms with Gasteiger partial charge in [0.05, 0.1) is 7.11 Å². The average Bonchev–Trinajstić information content (AvgIpc) is 2.17. The molecule has 0 fully saturated rings. The second-order valence-electron chi connectivity index (χ2n) is 2.29. The molecule has 0 amide bonds. The molecule has 1 aromatic heterocycles. The predicted octanol–water partition coefficient (Wildman–Crippen LogP) is 2.53. The van der Waals surface area contributed by atoms with Crippen LogP contribution in [0.3, 0.4) is 0 Å². The molecule has 0 aliphatic heterocycles. The van der Waals surface area contributed by atoms with E-state index in [2.05, 4.69) is 41.6 Å². The molecule has 0 aromatic carbocycles. The molecule has 0 aliphatic carbocycles. The summed E-state index contributed by atoms with van der Waals surface area (Å²) in [5, 5.41) is 0.667. The van der Waals surface area contributed by atoms with Crippen molar-refractivity contribution in [2.45, 2.75) is 5.33 Å². The third-order valence-corrected chi connectivity index (χ3v) is 2.79. The Morgan fingerprint density at radius 2 is 2.38 bits per heavy atom. The van der Waals surface area contributed by atoms with Crippen LogP contribution in [0, 0.1) is 0 Å². The molecule has 1 rings (SSSR count). The third-order valence-electron chi connectivity index (χ3n) is 1.47. The minimum Gasteiger partial charge on any atom is -0.464 e. The summed E-state index contributed by atoms with van der Waals surface area (Å²) in [4.78, 5) is 15.0. The van der Waals surface area contributed by atoms with Crippen LogP contribution in [0.25, 0.3) is 0 Å². The highest BCUT2D eigenvalue weighted by Crippen LogP contribution is 2.19. The highest BCUT2D eigenvalue weighted by atomic mass is 79.9. The number of ether oxygens (including phenoxy) is 1. The van der Waals surface area contributed by atoms with Crippen LogP contribution < -0.4 is 0 Å². The Balaban J connectivity index is 3.06. The Morgan fingerprint density at radius 1 is 1.69 bits per heavy atom. The van der Waals surface area contributed by atoms with E-state index >= 15 is 0 Å². The molecule has 5 heteroatoms. The van der Waals surface area contributed by atoms with Crippen LogP contribution in [0.5, 0.6) is 0 Å². The van der Waals surface area contributed by atoms with Gasteiger partial charge < -0.3 is 4.74 Å². The van der Waals surface area contributed by atoms with E-state index in [1.54, 1.807) is 12.3 Å². The number of nitrogens with zero attached hydrogens (tertiary/aromatic N) is 1. The first kappa shape index (κ1) is 10.7. The fourth-order valence-electron chi connectivity index (χ4n) is 0.799. The summed E-state index contributed by atoms with van der Waals surface area (Å²) < 4.78 is 5.42. The summed E-state index contributed by atoms with van der Waals surface area (Å²) in [5.41, 5.74) is 1.29. The van der Waals surface area contributed by atoms with Crippen molar-refractivity contribution >= 4 is 37.8 Å². The van der Waals surface area contributed by atoms with Crippen molar-refractivity contribution in [3.63, 3.8) is 0 Å². The first-order valence-electron chi connectivity index (χ1n) is 3.47. The van der Waals surface area contributed by atoms with Crippen molar-refractivity contribution in [2.24, 2.45) is 0 Å². The molecule has 0 radical (unpaired) electrons. The maximum absolute atomic E-state index is 11.1. The molecule has 70 valence electrons. The largest absolute Gasteiger partial charge is 0.464 e. The predicted molar refractivity (Wildman–Crippen MR) is 55.9 cm³/mol.